The molecular formula is C8H5N2O. The molecule has 0 aliphatic heterocycles. The van der Waals surface area contributed by atoms with Crippen molar-refractivity contribution < 1.29 is 5.11 Å². The smallest absolute Gasteiger partial charge is 0.198 e. The summed E-state index contributed by atoms with van der Waals surface area (Å²) in [5.41, 5.74) is 0.708. The summed E-state index contributed by atoms with van der Waals surface area (Å²) in [5, 5.41) is 9.94. The molecule has 53 valence electrons. The van der Waals surface area contributed by atoms with E-state index in [2.05, 4.69) is 16.3 Å². The molecule has 0 bridgehead atoms. The molecule has 0 spiro atoms. The van der Waals surface area contributed by atoms with Gasteiger partial charge in [-0.3, -0.25) is 0 Å². The molecule has 1 aromatic carbocycles. The lowest BCUT2D eigenvalue weighted by Crippen LogP contribution is -1.80. The van der Waals surface area contributed by atoms with Crippen LogP contribution >= 0.6 is 0 Å². The molecule has 0 fully saturated rings. The van der Waals surface area contributed by atoms with Crippen LogP contribution in [0.3, 0.4) is 0 Å². The average Bonchev–Trinajstić information content (AvgIpc) is 2.06. The molecule has 2 rings (SSSR count). The summed E-state index contributed by atoms with van der Waals surface area (Å²) >= 11 is 0. The van der Waals surface area contributed by atoms with Crippen LogP contribution in [0.4, 0.5) is 0 Å². The van der Waals surface area contributed by atoms with Gasteiger partial charge in [0.25, 0.3) is 0 Å². The van der Waals surface area contributed by atoms with Gasteiger partial charge in [0.15, 0.2) is 6.33 Å². The fraction of sp³-hybridized carbons (Fsp3) is 0. The van der Waals surface area contributed by atoms with Crippen LogP contribution in [-0.2, 0) is 0 Å². The van der Waals surface area contributed by atoms with E-state index in [0.717, 1.165) is 0 Å². The van der Waals surface area contributed by atoms with Crippen molar-refractivity contribution in [3.63, 3.8) is 0 Å². The number of phenolic OH excluding ortho intramolecular Hbond substituents is 1. The number of aromatic hydroxyl groups is 1. The summed E-state index contributed by atoms with van der Waals surface area (Å²) in [4.78, 5) is 7.52. The highest BCUT2D eigenvalue weighted by Crippen LogP contribution is 2.20. The first-order valence-electron chi connectivity index (χ1n) is 3.19. The first kappa shape index (κ1) is 6.09. The van der Waals surface area contributed by atoms with Crippen molar-refractivity contribution >= 4 is 10.9 Å². The maximum atomic E-state index is 9.28. The highest BCUT2D eigenvalue weighted by Gasteiger charge is 1.97. The van der Waals surface area contributed by atoms with Crippen LogP contribution in [0.5, 0.6) is 5.75 Å². The predicted octanol–water partition coefficient (Wildman–Crippen LogP) is 1.14. The molecule has 11 heavy (non-hydrogen) atoms. The Kier molecular flexibility index (Phi) is 1.22. The monoisotopic (exact) mass is 145 g/mol. The standard InChI is InChI=1S/C8H5N2O/c11-8-3-1-2-7-6(8)4-9-5-10-7/h1-4,11H. The molecule has 3 heteroatoms. The molecule has 1 heterocycles. The number of hydrogen-bond donors (Lipinski definition) is 1. The van der Waals surface area contributed by atoms with E-state index >= 15 is 0 Å². The molecule has 0 atom stereocenters. The van der Waals surface area contributed by atoms with E-state index < -0.39 is 0 Å². The van der Waals surface area contributed by atoms with Gasteiger partial charge in [0.1, 0.15) is 5.75 Å². The maximum Gasteiger partial charge on any atom is 0.198 e. The Morgan fingerprint density at radius 2 is 2.27 bits per heavy atom. The van der Waals surface area contributed by atoms with Crippen LogP contribution in [0.15, 0.2) is 24.4 Å². The van der Waals surface area contributed by atoms with E-state index in [1.165, 1.54) is 6.20 Å². The third-order valence-corrected chi connectivity index (χ3v) is 1.48. The molecule has 0 unspecified atom stereocenters. The topological polar surface area (TPSA) is 46.0 Å². The second-order valence-electron chi connectivity index (χ2n) is 2.18. The minimum absolute atomic E-state index is 0.205. The Morgan fingerprint density at radius 1 is 1.36 bits per heavy atom. The molecule has 2 aromatic rings. The van der Waals surface area contributed by atoms with E-state index in [1.54, 1.807) is 18.2 Å². The number of rotatable bonds is 0. The van der Waals surface area contributed by atoms with E-state index in [-0.39, 0.29) is 5.75 Å². The molecule has 0 aliphatic rings. The zero-order valence-electron chi connectivity index (χ0n) is 5.65. The Labute approximate surface area is 63.3 Å². The van der Waals surface area contributed by atoms with Crippen molar-refractivity contribution in [3.05, 3.63) is 30.7 Å². The van der Waals surface area contributed by atoms with Gasteiger partial charge in [-0.25, -0.2) is 9.97 Å². The molecule has 1 aromatic heterocycles. The highest BCUT2D eigenvalue weighted by atomic mass is 16.3. The van der Waals surface area contributed by atoms with E-state index in [1.807, 2.05) is 0 Å². The van der Waals surface area contributed by atoms with Crippen molar-refractivity contribution in [2.24, 2.45) is 0 Å². The second-order valence-corrected chi connectivity index (χ2v) is 2.18. The Hall–Kier alpha value is -1.64. The lowest BCUT2D eigenvalue weighted by Gasteiger charge is -1.95. The van der Waals surface area contributed by atoms with Crippen molar-refractivity contribution in [3.8, 4) is 5.75 Å². The highest BCUT2D eigenvalue weighted by molar-refractivity contribution is 5.83. The lowest BCUT2D eigenvalue weighted by molar-refractivity contribution is 0.481. The van der Waals surface area contributed by atoms with Gasteiger partial charge in [0.05, 0.1) is 10.9 Å². The molecule has 0 saturated heterocycles. The van der Waals surface area contributed by atoms with E-state index in [4.69, 9.17) is 0 Å². The van der Waals surface area contributed by atoms with Crippen molar-refractivity contribution in [1.82, 2.24) is 9.97 Å². The van der Waals surface area contributed by atoms with Crippen LogP contribution in [-0.4, -0.2) is 15.1 Å². The summed E-state index contributed by atoms with van der Waals surface area (Å²) in [7, 11) is 0. The van der Waals surface area contributed by atoms with Gasteiger partial charge >= 0.3 is 0 Å². The lowest BCUT2D eigenvalue weighted by atomic mass is 10.2. The summed E-state index contributed by atoms with van der Waals surface area (Å²) in [6.45, 7) is 0. The van der Waals surface area contributed by atoms with Crippen LogP contribution in [0, 0.1) is 6.33 Å². The summed E-state index contributed by atoms with van der Waals surface area (Å²) in [6, 6.07) is 5.14. The van der Waals surface area contributed by atoms with Gasteiger partial charge < -0.3 is 5.11 Å². The number of aromatic nitrogens is 2. The van der Waals surface area contributed by atoms with Gasteiger partial charge in [-0.15, -0.1) is 0 Å². The average molecular weight is 145 g/mol. The van der Waals surface area contributed by atoms with Gasteiger partial charge in [-0.2, -0.15) is 0 Å². The summed E-state index contributed by atoms with van der Waals surface area (Å²) in [6.07, 6.45) is 3.99. The quantitative estimate of drug-likeness (QED) is 0.604. The molecule has 0 amide bonds. The number of hydrogen-bond acceptors (Lipinski definition) is 3. The van der Waals surface area contributed by atoms with E-state index in [0.29, 0.717) is 10.9 Å². The van der Waals surface area contributed by atoms with Crippen LogP contribution in [0.2, 0.25) is 0 Å². The Balaban J connectivity index is 2.91. The van der Waals surface area contributed by atoms with Crippen LogP contribution in [0.1, 0.15) is 0 Å². The molecule has 1 N–H and O–H groups in total. The third-order valence-electron chi connectivity index (χ3n) is 1.48. The molecule has 1 radical (unpaired) electrons. The Morgan fingerprint density at radius 3 is 3.09 bits per heavy atom. The van der Waals surface area contributed by atoms with Crippen molar-refractivity contribution in [1.29, 1.82) is 0 Å². The number of fused-ring (bicyclic) bond motifs is 1. The van der Waals surface area contributed by atoms with E-state index in [9.17, 15) is 5.11 Å². The fourth-order valence-corrected chi connectivity index (χ4v) is 0.947. The SMILES string of the molecule is Oc1cccc2n[c]ncc12. The van der Waals surface area contributed by atoms with Crippen LogP contribution in [0.25, 0.3) is 10.9 Å². The zero-order valence-corrected chi connectivity index (χ0v) is 5.65. The Bertz CT molecular complexity index is 381. The molecule has 0 saturated carbocycles. The molecule has 3 nitrogen and oxygen atoms in total. The number of benzene rings is 1. The normalized spacial score (nSPS) is 10.2. The fourth-order valence-electron chi connectivity index (χ4n) is 0.947. The first-order chi connectivity index (χ1) is 5.38. The predicted molar refractivity (Wildman–Crippen MR) is 40.0 cm³/mol. The summed E-state index contributed by atoms with van der Waals surface area (Å²) < 4.78 is 0. The van der Waals surface area contributed by atoms with Gasteiger partial charge in [-0.05, 0) is 12.1 Å². The van der Waals surface area contributed by atoms with Crippen molar-refractivity contribution in [2.75, 3.05) is 0 Å². The number of phenols is 1. The zero-order chi connectivity index (χ0) is 7.68. The van der Waals surface area contributed by atoms with Crippen molar-refractivity contribution in [2.45, 2.75) is 0 Å². The minimum atomic E-state index is 0.205. The minimum Gasteiger partial charge on any atom is -0.507 e. The first-order valence-corrected chi connectivity index (χ1v) is 3.19. The summed E-state index contributed by atoms with van der Waals surface area (Å²) in [5.74, 6) is 0.205. The molecular weight excluding hydrogens is 140 g/mol. The second kappa shape index (κ2) is 2.20. The van der Waals surface area contributed by atoms with Gasteiger partial charge in [-0.1, -0.05) is 6.07 Å². The van der Waals surface area contributed by atoms with Crippen LogP contribution < -0.4 is 0 Å². The van der Waals surface area contributed by atoms with Gasteiger partial charge in [0.2, 0.25) is 0 Å². The number of nitrogens with zero attached hydrogens (tertiary/aromatic N) is 2. The largest absolute Gasteiger partial charge is 0.507 e. The van der Waals surface area contributed by atoms with Gasteiger partial charge in [0, 0.05) is 6.20 Å². The maximum absolute atomic E-state index is 9.28. The molecule has 0 aliphatic carbocycles. The third kappa shape index (κ3) is 0.902.